The van der Waals surface area contributed by atoms with Gasteiger partial charge in [0.1, 0.15) is 5.02 Å². The van der Waals surface area contributed by atoms with Gasteiger partial charge in [0.2, 0.25) is 5.88 Å². The van der Waals surface area contributed by atoms with Crippen LogP contribution in [-0.2, 0) is 6.54 Å². The van der Waals surface area contributed by atoms with Crippen LogP contribution >= 0.6 is 11.6 Å². The Balaban J connectivity index is 2.68. The first-order chi connectivity index (χ1) is 7.50. The normalized spacial score (nSPS) is 11.8. The van der Waals surface area contributed by atoms with E-state index in [9.17, 15) is 0 Å². The van der Waals surface area contributed by atoms with Gasteiger partial charge < -0.3 is 9.84 Å². The molecule has 0 aliphatic rings. The van der Waals surface area contributed by atoms with E-state index >= 15 is 0 Å². The van der Waals surface area contributed by atoms with Gasteiger partial charge in [-0.25, -0.2) is 4.68 Å². The summed E-state index contributed by atoms with van der Waals surface area (Å²) in [5.74, 6) is 0.588. The molecule has 0 atom stereocenters. The minimum Gasteiger partial charge on any atom is -0.476 e. The lowest BCUT2D eigenvalue weighted by Gasteiger charge is -2.22. The summed E-state index contributed by atoms with van der Waals surface area (Å²) in [6.07, 6.45) is 2.55. The van der Waals surface area contributed by atoms with Crippen LogP contribution in [0.4, 0.5) is 0 Å². The quantitative estimate of drug-likeness (QED) is 0.838. The molecule has 1 rings (SSSR count). The summed E-state index contributed by atoms with van der Waals surface area (Å²) < 4.78 is 7.37. The van der Waals surface area contributed by atoms with Crippen molar-refractivity contribution in [2.24, 2.45) is 5.41 Å². The summed E-state index contributed by atoms with van der Waals surface area (Å²) in [5, 5.41) is 13.8. The largest absolute Gasteiger partial charge is 0.476 e. The van der Waals surface area contributed by atoms with Gasteiger partial charge >= 0.3 is 0 Å². The summed E-state index contributed by atoms with van der Waals surface area (Å²) in [6, 6.07) is 0. The SMILES string of the molecule is CCCn1ncc(Cl)c1OCC(C)(C)CO. The van der Waals surface area contributed by atoms with Gasteiger partial charge in [-0.3, -0.25) is 0 Å². The van der Waals surface area contributed by atoms with Gasteiger partial charge in [0.25, 0.3) is 0 Å². The first-order valence-electron chi connectivity index (χ1n) is 5.45. The smallest absolute Gasteiger partial charge is 0.231 e. The van der Waals surface area contributed by atoms with Gasteiger partial charge in [-0.2, -0.15) is 5.10 Å². The maximum absolute atomic E-state index is 9.13. The standard InChI is InChI=1S/C11H19ClN2O2/c1-4-5-14-10(9(12)6-13-14)16-8-11(2,3)7-15/h6,15H,4-5,7-8H2,1-3H3. The lowest BCUT2D eigenvalue weighted by atomic mass is 9.97. The Morgan fingerprint density at radius 3 is 2.81 bits per heavy atom. The Labute approximate surface area is 101 Å². The lowest BCUT2D eigenvalue weighted by molar-refractivity contribution is 0.0920. The molecule has 0 saturated carbocycles. The number of ether oxygens (including phenoxy) is 1. The van der Waals surface area contributed by atoms with Crippen molar-refractivity contribution in [2.75, 3.05) is 13.2 Å². The van der Waals surface area contributed by atoms with E-state index < -0.39 is 0 Å². The maximum atomic E-state index is 9.13. The maximum Gasteiger partial charge on any atom is 0.231 e. The third-order valence-electron chi connectivity index (χ3n) is 2.21. The van der Waals surface area contributed by atoms with Crippen LogP contribution in [0.1, 0.15) is 27.2 Å². The number of aryl methyl sites for hydroxylation is 1. The van der Waals surface area contributed by atoms with Crippen LogP contribution in [-0.4, -0.2) is 28.1 Å². The third kappa shape index (κ3) is 3.39. The van der Waals surface area contributed by atoms with E-state index in [0.717, 1.165) is 13.0 Å². The molecular weight excluding hydrogens is 228 g/mol. The number of aliphatic hydroxyl groups excluding tert-OH is 1. The fraction of sp³-hybridized carbons (Fsp3) is 0.727. The zero-order chi connectivity index (χ0) is 12.2. The number of hydrogen-bond donors (Lipinski definition) is 1. The Hall–Kier alpha value is -0.740. The van der Waals surface area contributed by atoms with Crippen molar-refractivity contribution in [3.8, 4) is 5.88 Å². The second-order valence-corrected chi connectivity index (χ2v) is 5.04. The van der Waals surface area contributed by atoms with E-state index in [2.05, 4.69) is 12.0 Å². The molecule has 0 bridgehead atoms. The van der Waals surface area contributed by atoms with Crippen molar-refractivity contribution in [1.29, 1.82) is 0 Å². The monoisotopic (exact) mass is 246 g/mol. The first-order valence-corrected chi connectivity index (χ1v) is 5.83. The van der Waals surface area contributed by atoms with Gasteiger partial charge in [-0.15, -0.1) is 0 Å². The first kappa shape index (κ1) is 13.3. The molecule has 16 heavy (non-hydrogen) atoms. The number of nitrogens with zero attached hydrogens (tertiary/aromatic N) is 2. The third-order valence-corrected chi connectivity index (χ3v) is 2.47. The summed E-state index contributed by atoms with van der Waals surface area (Å²) in [4.78, 5) is 0. The van der Waals surface area contributed by atoms with Crippen LogP contribution in [0, 0.1) is 5.41 Å². The predicted octanol–water partition coefficient (Wildman–Crippen LogP) is 2.34. The van der Waals surface area contributed by atoms with Crippen molar-refractivity contribution in [1.82, 2.24) is 9.78 Å². The van der Waals surface area contributed by atoms with E-state index in [-0.39, 0.29) is 12.0 Å². The highest BCUT2D eigenvalue weighted by atomic mass is 35.5. The van der Waals surface area contributed by atoms with Gasteiger partial charge in [-0.1, -0.05) is 32.4 Å². The van der Waals surface area contributed by atoms with Crippen molar-refractivity contribution in [2.45, 2.75) is 33.7 Å². The summed E-state index contributed by atoms with van der Waals surface area (Å²) >= 11 is 5.98. The Morgan fingerprint density at radius 1 is 1.56 bits per heavy atom. The lowest BCUT2D eigenvalue weighted by Crippen LogP contribution is -2.26. The van der Waals surface area contributed by atoms with Crippen LogP contribution in [0.3, 0.4) is 0 Å². The Bertz CT molecular complexity index is 337. The topological polar surface area (TPSA) is 47.3 Å². The second kappa shape index (κ2) is 5.55. The van der Waals surface area contributed by atoms with Crippen molar-refractivity contribution < 1.29 is 9.84 Å². The molecule has 0 unspecified atom stereocenters. The highest BCUT2D eigenvalue weighted by Crippen LogP contribution is 2.26. The van der Waals surface area contributed by atoms with E-state index in [4.69, 9.17) is 21.4 Å². The van der Waals surface area contributed by atoms with E-state index in [1.54, 1.807) is 10.9 Å². The number of aliphatic hydroxyl groups is 1. The zero-order valence-electron chi connectivity index (χ0n) is 10.0. The molecule has 1 heterocycles. The van der Waals surface area contributed by atoms with Gasteiger partial charge in [-0.05, 0) is 6.42 Å². The highest BCUT2D eigenvalue weighted by molar-refractivity contribution is 6.31. The molecule has 5 heteroatoms. The second-order valence-electron chi connectivity index (χ2n) is 4.63. The number of rotatable bonds is 6. The molecule has 0 amide bonds. The van der Waals surface area contributed by atoms with Crippen LogP contribution in [0.25, 0.3) is 0 Å². The zero-order valence-corrected chi connectivity index (χ0v) is 10.8. The number of halogens is 1. The summed E-state index contributed by atoms with van der Waals surface area (Å²) in [5.41, 5.74) is -0.273. The molecule has 0 aromatic carbocycles. The predicted molar refractivity (Wildman–Crippen MR) is 63.9 cm³/mol. The molecule has 0 saturated heterocycles. The van der Waals surface area contributed by atoms with Crippen molar-refractivity contribution in [3.63, 3.8) is 0 Å². The van der Waals surface area contributed by atoms with Crippen LogP contribution in [0.5, 0.6) is 5.88 Å². The molecule has 1 aromatic heterocycles. The van der Waals surface area contributed by atoms with Crippen LogP contribution in [0.2, 0.25) is 5.02 Å². The minimum atomic E-state index is -0.273. The average molecular weight is 247 g/mol. The molecule has 0 aliphatic heterocycles. The molecule has 4 nitrogen and oxygen atoms in total. The molecule has 0 fully saturated rings. The molecule has 1 aromatic rings. The number of hydrogen-bond acceptors (Lipinski definition) is 3. The average Bonchev–Trinajstić information content (AvgIpc) is 2.58. The molecule has 92 valence electrons. The molecule has 1 N–H and O–H groups in total. The van der Waals surface area contributed by atoms with Crippen molar-refractivity contribution in [3.05, 3.63) is 11.2 Å². The van der Waals surface area contributed by atoms with E-state index in [1.165, 1.54) is 0 Å². The Kier molecular flexibility index (Phi) is 4.62. The van der Waals surface area contributed by atoms with Gasteiger partial charge in [0.05, 0.1) is 19.4 Å². The van der Waals surface area contributed by atoms with E-state index in [1.807, 2.05) is 13.8 Å². The summed E-state index contributed by atoms with van der Waals surface area (Å²) in [7, 11) is 0. The van der Waals surface area contributed by atoms with Gasteiger partial charge in [0.15, 0.2) is 0 Å². The number of aromatic nitrogens is 2. The van der Waals surface area contributed by atoms with E-state index in [0.29, 0.717) is 17.5 Å². The summed E-state index contributed by atoms with van der Waals surface area (Å²) in [6.45, 7) is 7.20. The molecule has 0 radical (unpaired) electrons. The van der Waals surface area contributed by atoms with Crippen molar-refractivity contribution >= 4 is 11.6 Å². The minimum absolute atomic E-state index is 0.0759. The highest BCUT2D eigenvalue weighted by Gasteiger charge is 2.19. The van der Waals surface area contributed by atoms with Gasteiger partial charge in [0, 0.05) is 12.0 Å². The molecule has 0 aliphatic carbocycles. The fourth-order valence-electron chi connectivity index (χ4n) is 1.18. The Morgan fingerprint density at radius 2 is 2.25 bits per heavy atom. The molecule has 0 spiro atoms. The molecular formula is C11H19ClN2O2. The van der Waals surface area contributed by atoms with Crippen LogP contribution in [0.15, 0.2) is 6.20 Å². The fourth-order valence-corrected chi connectivity index (χ4v) is 1.37. The van der Waals surface area contributed by atoms with Crippen LogP contribution < -0.4 is 4.74 Å².